The topological polar surface area (TPSA) is 34.0 Å². The van der Waals surface area contributed by atoms with Gasteiger partial charge in [-0.2, -0.15) is 0 Å². The van der Waals surface area contributed by atoms with Crippen molar-refractivity contribution in [2.45, 2.75) is 19.5 Å². The first kappa shape index (κ1) is 14.3. The summed E-state index contributed by atoms with van der Waals surface area (Å²) in [4.78, 5) is 10.8. The number of benzene rings is 1. The van der Waals surface area contributed by atoms with Crippen LogP contribution in [0.1, 0.15) is 6.92 Å². The molecule has 0 bridgehead atoms. The molecule has 3 rings (SSSR count). The summed E-state index contributed by atoms with van der Waals surface area (Å²) in [5, 5.41) is 0. The number of likely N-dealkylation sites (N-methyl/N-ethyl adjacent to an activating group) is 1. The van der Waals surface area contributed by atoms with Gasteiger partial charge in [-0.15, -0.1) is 0 Å². The molecule has 0 fully saturated rings. The van der Waals surface area contributed by atoms with Crippen LogP contribution in [0.2, 0.25) is 0 Å². The van der Waals surface area contributed by atoms with Gasteiger partial charge in [0, 0.05) is 55.7 Å². The minimum Gasteiger partial charge on any atom is -0.370 e. The van der Waals surface area contributed by atoms with Crippen LogP contribution in [-0.4, -0.2) is 27.6 Å². The van der Waals surface area contributed by atoms with Crippen molar-refractivity contribution < 1.29 is 0 Å². The van der Waals surface area contributed by atoms with Gasteiger partial charge in [0.2, 0.25) is 0 Å². The molecule has 2 aromatic heterocycles. The van der Waals surface area contributed by atoms with Crippen LogP contribution in [-0.2, 0) is 6.54 Å². The molecule has 0 saturated heterocycles. The summed E-state index contributed by atoms with van der Waals surface area (Å²) in [5.41, 5.74) is 2.31. The molecule has 1 atom stereocenters. The van der Waals surface area contributed by atoms with Crippen molar-refractivity contribution in [1.29, 1.82) is 0 Å². The minimum atomic E-state index is 0.359. The van der Waals surface area contributed by atoms with Gasteiger partial charge in [0.15, 0.2) is 0 Å². The number of rotatable bonds is 5. The van der Waals surface area contributed by atoms with Crippen LogP contribution in [0.4, 0.5) is 5.69 Å². The molecule has 3 aromatic rings. The lowest BCUT2D eigenvalue weighted by Crippen LogP contribution is -2.32. The Morgan fingerprint density at radius 2 is 1.77 bits per heavy atom. The van der Waals surface area contributed by atoms with Crippen LogP contribution >= 0.6 is 0 Å². The smallest absolute Gasteiger partial charge is 0.140 e. The standard InChI is InChI=1S/C18H20N4/c1-15(21(2)17-6-4-3-5-7-17)14-22-13-12-20-18(22)16-8-10-19-11-9-16/h3-13,15H,14H2,1-2H3/t15-/m1/s1. The van der Waals surface area contributed by atoms with Gasteiger partial charge in [0.25, 0.3) is 0 Å². The van der Waals surface area contributed by atoms with E-state index in [-0.39, 0.29) is 0 Å². The molecule has 4 nitrogen and oxygen atoms in total. The van der Waals surface area contributed by atoms with E-state index >= 15 is 0 Å². The number of pyridine rings is 1. The Kier molecular flexibility index (Phi) is 4.19. The fourth-order valence-electron chi connectivity index (χ4n) is 2.54. The molecule has 0 unspecified atom stereocenters. The Morgan fingerprint density at radius 1 is 1.05 bits per heavy atom. The van der Waals surface area contributed by atoms with Crippen LogP contribution < -0.4 is 4.90 Å². The lowest BCUT2D eigenvalue weighted by molar-refractivity contribution is 0.567. The van der Waals surface area contributed by atoms with Crippen molar-refractivity contribution in [2.75, 3.05) is 11.9 Å². The summed E-state index contributed by atoms with van der Waals surface area (Å²) in [7, 11) is 2.13. The van der Waals surface area contributed by atoms with Crippen molar-refractivity contribution in [3.8, 4) is 11.4 Å². The maximum absolute atomic E-state index is 4.49. The highest BCUT2D eigenvalue weighted by Gasteiger charge is 2.13. The van der Waals surface area contributed by atoms with Gasteiger partial charge >= 0.3 is 0 Å². The van der Waals surface area contributed by atoms with Crippen molar-refractivity contribution in [3.05, 3.63) is 67.3 Å². The first-order valence-corrected chi connectivity index (χ1v) is 7.45. The third-order valence-corrected chi connectivity index (χ3v) is 3.94. The maximum Gasteiger partial charge on any atom is 0.140 e. The maximum atomic E-state index is 4.49. The van der Waals surface area contributed by atoms with E-state index in [1.165, 1.54) is 5.69 Å². The summed E-state index contributed by atoms with van der Waals surface area (Å²) in [6.45, 7) is 3.10. The zero-order valence-electron chi connectivity index (χ0n) is 12.9. The number of imidazole rings is 1. The summed E-state index contributed by atoms with van der Waals surface area (Å²) >= 11 is 0. The third-order valence-electron chi connectivity index (χ3n) is 3.94. The Labute approximate surface area is 131 Å². The van der Waals surface area contributed by atoms with Crippen LogP contribution in [0.25, 0.3) is 11.4 Å². The SMILES string of the molecule is C[C@H](Cn1ccnc1-c1ccncc1)N(C)c1ccccc1. The van der Waals surface area contributed by atoms with E-state index in [0.717, 1.165) is 17.9 Å². The summed E-state index contributed by atoms with van der Waals surface area (Å²) in [5.74, 6) is 0.982. The molecule has 0 aliphatic rings. The number of hydrogen-bond donors (Lipinski definition) is 0. The average molecular weight is 292 g/mol. The van der Waals surface area contributed by atoms with E-state index in [9.17, 15) is 0 Å². The van der Waals surface area contributed by atoms with Crippen LogP contribution in [0, 0.1) is 0 Å². The highest BCUT2D eigenvalue weighted by molar-refractivity contribution is 5.54. The zero-order valence-corrected chi connectivity index (χ0v) is 12.9. The second kappa shape index (κ2) is 6.43. The highest BCUT2D eigenvalue weighted by atomic mass is 15.2. The zero-order chi connectivity index (χ0) is 15.4. The first-order chi connectivity index (χ1) is 10.8. The van der Waals surface area contributed by atoms with E-state index in [1.807, 2.05) is 30.6 Å². The van der Waals surface area contributed by atoms with Crippen molar-refractivity contribution >= 4 is 5.69 Å². The van der Waals surface area contributed by atoms with Crippen LogP contribution in [0.15, 0.2) is 67.3 Å². The summed E-state index contributed by atoms with van der Waals surface area (Å²) in [6.07, 6.45) is 7.48. The molecule has 0 N–H and O–H groups in total. The van der Waals surface area contributed by atoms with Gasteiger partial charge in [0.05, 0.1) is 0 Å². The molecular weight excluding hydrogens is 272 g/mol. The minimum absolute atomic E-state index is 0.359. The van der Waals surface area contributed by atoms with Gasteiger partial charge in [-0.3, -0.25) is 4.98 Å². The Hall–Kier alpha value is -2.62. The average Bonchev–Trinajstić information content (AvgIpc) is 3.04. The second-order valence-corrected chi connectivity index (χ2v) is 5.43. The summed E-state index contributed by atoms with van der Waals surface area (Å²) < 4.78 is 2.19. The van der Waals surface area contributed by atoms with Gasteiger partial charge in [0.1, 0.15) is 5.82 Å². The fourth-order valence-corrected chi connectivity index (χ4v) is 2.54. The predicted molar refractivity (Wildman–Crippen MR) is 89.8 cm³/mol. The lowest BCUT2D eigenvalue weighted by Gasteiger charge is -2.27. The fraction of sp³-hybridized carbons (Fsp3) is 0.222. The number of para-hydroxylation sites is 1. The monoisotopic (exact) mass is 292 g/mol. The predicted octanol–water partition coefficient (Wildman–Crippen LogP) is 3.47. The molecule has 0 aliphatic carbocycles. The molecule has 112 valence electrons. The van der Waals surface area contributed by atoms with E-state index in [1.54, 1.807) is 12.4 Å². The van der Waals surface area contributed by atoms with Crippen LogP contribution in [0.5, 0.6) is 0 Å². The molecule has 0 saturated carbocycles. The third kappa shape index (κ3) is 3.01. The first-order valence-electron chi connectivity index (χ1n) is 7.45. The van der Waals surface area contributed by atoms with Crippen molar-refractivity contribution in [2.24, 2.45) is 0 Å². The van der Waals surface area contributed by atoms with Crippen LogP contribution in [0.3, 0.4) is 0 Å². The molecule has 0 amide bonds. The number of hydrogen-bond acceptors (Lipinski definition) is 3. The van der Waals surface area contributed by atoms with Gasteiger partial charge in [-0.1, -0.05) is 18.2 Å². The highest BCUT2D eigenvalue weighted by Crippen LogP contribution is 2.19. The van der Waals surface area contributed by atoms with E-state index < -0.39 is 0 Å². The molecule has 1 aromatic carbocycles. The quantitative estimate of drug-likeness (QED) is 0.722. The Bertz CT molecular complexity index is 706. The number of aromatic nitrogens is 3. The lowest BCUT2D eigenvalue weighted by atomic mass is 10.2. The van der Waals surface area contributed by atoms with Crippen molar-refractivity contribution in [3.63, 3.8) is 0 Å². The van der Waals surface area contributed by atoms with Gasteiger partial charge < -0.3 is 9.47 Å². The molecule has 0 radical (unpaired) electrons. The normalized spacial score (nSPS) is 12.1. The molecule has 2 heterocycles. The van der Waals surface area contributed by atoms with Gasteiger partial charge in [-0.05, 0) is 31.2 Å². The summed E-state index contributed by atoms with van der Waals surface area (Å²) in [6, 6.07) is 14.8. The van der Waals surface area contributed by atoms with Gasteiger partial charge in [-0.25, -0.2) is 4.98 Å². The second-order valence-electron chi connectivity index (χ2n) is 5.43. The Morgan fingerprint density at radius 3 is 2.50 bits per heavy atom. The van der Waals surface area contributed by atoms with E-state index in [0.29, 0.717) is 6.04 Å². The van der Waals surface area contributed by atoms with E-state index in [4.69, 9.17) is 0 Å². The number of nitrogens with zero attached hydrogens (tertiary/aromatic N) is 4. The number of anilines is 1. The van der Waals surface area contributed by atoms with E-state index in [2.05, 4.69) is 57.7 Å². The Balaban J connectivity index is 1.78. The van der Waals surface area contributed by atoms with Crippen molar-refractivity contribution in [1.82, 2.24) is 14.5 Å². The largest absolute Gasteiger partial charge is 0.370 e. The molecule has 4 heteroatoms. The molecule has 0 spiro atoms. The molecular formula is C18H20N4. The molecule has 22 heavy (non-hydrogen) atoms. The molecule has 0 aliphatic heterocycles.